The molecule has 7 nitrogen and oxygen atoms in total. The molecule has 2 aromatic carbocycles. The first kappa shape index (κ1) is 27.6. The summed E-state index contributed by atoms with van der Waals surface area (Å²) in [5, 5.41) is 6.61. The maximum absolute atomic E-state index is 14.4. The molecular weight excluding hydrogens is 524 g/mol. The largest absolute Gasteiger partial charge is 0.435 e. The molecule has 0 saturated heterocycles. The van der Waals surface area contributed by atoms with Crippen molar-refractivity contribution in [1.82, 2.24) is 19.8 Å². The Balaban J connectivity index is 1.82. The molecule has 1 atom stereocenters. The molecule has 194 valence electrons. The van der Waals surface area contributed by atoms with Crippen LogP contribution in [0.5, 0.6) is 0 Å². The standard InChI is InChI=1S/C23H23ClF4N4O3S/c1-13(15-7-8-16(19(25)9-15)11-30-36(3,34)35)22(33)29-12-20-14(2)21(23(26,27)28)31-32(20)18-6-4-5-17(24)10-18/h4-10,13,30H,11-12H2,1-3H3,(H,29,33). The minimum Gasteiger partial charge on any atom is -0.350 e. The summed E-state index contributed by atoms with van der Waals surface area (Å²) < 4.78 is 80.7. The maximum Gasteiger partial charge on any atom is 0.435 e. The topological polar surface area (TPSA) is 93.1 Å². The van der Waals surface area contributed by atoms with Crippen LogP contribution in [-0.2, 0) is 34.1 Å². The van der Waals surface area contributed by atoms with Crippen LogP contribution in [0.3, 0.4) is 0 Å². The van der Waals surface area contributed by atoms with Crippen LogP contribution in [-0.4, -0.2) is 30.4 Å². The summed E-state index contributed by atoms with van der Waals surface area (Å²) in [6.07, 6.45) is -3.76. The number of hydrogen-bond donors (Lipinski definition) is 2. The molecule has 0 fully saturated rings. The number of carbonyl (C=O) groups is 1. The zero-order valence-electron chi connectivity index (χ0n) is 19.5. The molecule has 0 aliphatic heterocycles. The molecule has 1 amide bonds. The van der Waals surface area contributed by atoms with Crippen LogP contribution < -0.4 is 10.0 Å². The first-order valence-corrected chi connectivity index (χ1v) is 12.9. The predicted octanol–water partition coefficient (Wildman–Crippen LogP) is 4.46. The first-order chi connectivity index (χ1) is 16.7. The molecular formula is C23H23ClF4N4O3S. The Morgan fingerprint density at radius 2 is 1.86 bits per heavy atom. The van der Waals surface area contributed by atoms with Gasteiger partial charge in [-0.05, 0) is 43.7 Å². The Labute approximate surface area is 210 Å². The lowest BCUT2D eigenvalue weighted by molar-refractivity contribution is -0.141. The maximum atomic E-state index is 14.4. The summed E-state index contributed by atoms with van der Waals surface area (Å²) in [6.45, 7) is 2.25. The third-order valence-corrected chi connectivity index (χ3v) is 6.39. The van der Waals surface area contributed by atoms with Crippen molar-refractivity contribution < 1.29 is 30.8 Å². The smallest absolute Gasteiger partial charge is 0.350 e. The minimum atomic E-state index is -4.70. The van der Waals surface area contributed by atoms with Crippen molar-refractivity contribution >= 4 is 27.5 Å². The number of benzene rings is 2. The number of alkyl halides is 3. The highest BCUT2D eigenvalue weighted by Gasteiger charge is 2.38. The van der Waals surface area contributed by atoms with Gasteiger partial charge in [0.15, 0.2) is 5.69 Å². The number of hydrogen-bond acceptors (Lipinski definition) is 4. The van der Waals surface area contributed by atoms with Gasteiger partial charge in [-0.3, -0.25) is 4.79 Å². The van der Waals surface area contributed by atoms with Gasteiger partial charge in [0.25, 0.3) is 0 Å². The second-order valence-corrected chi connectivity index (χ2v) is 10.5. The molecule has 3 aromatic rings. The number of nitrogens with one attached hydrogen (secondary N) is 2. The average Bonchev–Trinajstić information content (AvgIpc) is 3.12. The lowest BCUT2D eigenvalue weighted by atomic mass is 9.98. The van der Waals surface area contributed by atoms with Crippen LogP contribution in [0, 0.1) is 12.7 Å². The van der Waals surface area contributed by atoms with Gasteiger partial charge in [0.2, 0.25) is 15.9 Å². The molecule has 1 heterocycles. The van der Waals surface area contributed by atoms with Crippen molar-refractivity contribution in [2.24, 2.45) is 0 Å². The monoisotopic (exact) mass is 546 g/mol. The highest BCUT2D eigenvalue weighted by molar-refractivity contribution is 7.88. The fraction of sp³-hybridized carbons (Fsp3) is 0.304. The van der Waals surface area contributed by atoms with E-state index in [1.54, 1.807) is 12.1 Å². The summed E-state index contributed by atoms with van der Waals surface area (Å²) >= 11 is 5.99. The van der Waals surface area contributed by atoms with Gasteiger partial charge >= 0.3 is 6.18 Å². The number of rotatable bonds is 8. The predicted molar refractivity (Wildman–Crippen MR) is 127 cm³/mol. The second-order valence-electron chi connectivity index (χ2n) is 8.19. The molecule has 0 aliphatic carbocycles. The van der Waals surface area contributed by atoms with Crippen LogP contribution in [0.15, 0.2) is 42.5 Å². The van der Waals surface area contributed by atoms with Crippen LogP contribution in [0.2, 0.25) is 5.02 Å². The zero-order valence-corrected chi connectivity index (χ0v) is 21.0. The summed E-state index contributed by atoms with van der Waals surface area (Å²) in [5.74, 6) is -2.10. The quantitative estimate of drug-likeness (QED) is 0.408. The number of carbonyl (C=O) groups excluding carboxylic acids is 1. The summed E-state index contributed by atoms with van der Waals surface area (Å²) in [5.41, 5.74) is -0.428. The van der Waals surface area contributed by atoms with Crippen LogP contribution >= 0.6 is 11.6 Å². The van der Waals surface area contributed by atoms with Crippen molar-refractivity contribution in [3.05, 3.63) is 81.4 Å². The Kier molecular flexibility index (Phi) is 8.11. The molecule has 0 aliphatic rings. The number of halogens is 5. The van der Waals surface area contributed by atoms with E-state index in [1.807, 2.05) is 0 Å². The van der Waals surface area contributed by atoms with Crippen molar-refractivity contribution in [3.63, 3.8) is 0 Å². The van der Waals surface area contributed by atoms with E-state index in [2.05, 4.69) is 15.1 Å². The van der Waals surface area contributed by atoms with E-state index in [0.29, 0.717) is 16.3 Å². The summed E-state index contributed by atoms with van der Waals surface area (Å²) in [6, 6.07) is 10.1. The van der Waals surface area contributed by atoms with Crippen molar-refractivity contribution in [2.45, 2.75) is 39.0 Å². The first-order valence-electron chi connectivity index (χ1n) is 10.6. The van der Waals surface area contributed by atoms with Gasteiger partial charge < -0.3 is 5.32 Å². The third kappa shape index (κ3) is 6.62. The van der Waals surface area contributed by atoms with E-state index in [9.17, 15) is 30.8 Å². The van der Waals surface area contributed by atoms with Crippen LogP contribution in [0.25, 0.3) is 5.69 Å². The van der Waals surface area contributed by atoms with Gasteiger partial charge in [-0.2, -0.15) is 18.3 Å². The lowest BCUT2D eigenvalue weighted by Crippen LogP contribution is -2.29. The van der Waals surface area contributed by atoms with E-state index in [-0.39, 0.29) is 29.9 Å². The van der Waals surface area contributed by atoms with Crippen molar-refractivity contribution in [2.75, 3.05) is 6.26 Å². The van der Waals surface area contributed by atoms with E-state index >= 15 is 0 Å². The van der Waals surface area contributed by atoms with E-state index < -0.39 is 39.5 Å². The molecule has 3 rings (SSSR count). The Bertz CT molecular complexity index is 1390. The van der Waals surface area contributed by atoms with Gasteiger partial charge in [0.1, 0.15) is 5.82 Å². The van der Waals surface area contributed by atoms with Gasteiger partial charge in [0.05, 0.1) is 30.1 Å². The van der Waals surface area contributed by atoms with E-state index in [0.717, 1.165) is 17.0 Å². The van der Waals surface area contributed by atoms with E-state index in [4.69, 9.17) is 11.6 Å². The van der Waals surface area contributed by atoms with Crippen LogP contribution in [0.1, 0.15) is 40.9 Å². The Morgan fingerprint density at radius 3 is 2.44 bits per heavy atom. The van der Waals surface area contributed by atoms with Crippen LogP contribution in [0.4, 0.5) is 17.6 Å². The van der Waals surface area contributed by atoms with Gasteiger partial charge in [-0.25, -0.2) is 22.2 Å². The summed E-state index contributed by atoms with van der Waals surface area (Å²) in [7, 11) is -3.52. The molecule has 0 spiro atoms. The highest BCUT2D eigenvalue weighted by atomic mass is 35.5. The average molecular weight is 547 g/mol. The molecule has 0 bridgehead atoms. The van der Waals surface area contributed by atoms with Gasteiger partial charge in [0, 0.05) is 22.7 Å². The normalized spacial score (nSPS) is 13.0. The lowest BCUT2D eigenvalue weighted by Gasteiger charge is -2.15. The summed E-state index contributed by atoms with van der Waals surface area (Å²) in [4.78, 5) is 12.8. The van der Waals surface area contributed by atoms with Crippen molar-refractivity contribution in [1.29, 1.82) is 0 Å². The molecule has 13 heteroatoms. The zero-order chi connectivity index (χ0) is 26.8. The molecule has 36 heavy (non-hydrogen) atoms. The molecule has 0 saturated carbocycles. The second kappa shape index (κ2) is 10.6. The SMILES string of the molecule is Cc1c(C(F)(F)F)nn(-c2cccc(Cl)c2)c1CNC(=O)C(C)c1ccc(CNS(C)(=O)=O)c(F)c1. The number of nitrogens with zero attached hydrogens (tertiary/aromatic N) is 2. The Morgan fingerprint density at radius 1 is 1.17 bits per heavy atom. The number of amides is 1. The molecule has 1 aromatic heterocycles. The Hall–Kier alpha value is -2.96. The van der Waals surface area contributed by atoms with E-state index in [1.165, 1.54) is 38.1 Å². The van der Waals surface area contributed by atoms with Gasteiger partial charge in [-0.15, -0.1) is 0 Å². The van der Waals surface area contributed by atoms with Gasteiger partial charge in [-0.1, -0.05) is 29.8 Å². The fourth-order valence-electron chi connectivity index (χ4n) is 3.49. The minimum absolute atomic E-state index is 0.0949. The molecule has 2 N–H and O–H groups in total. The number of sulfonamides is 1. The fourth-order valence-corrected chi connectivity index (χ4v) is 4.09. The third-order valence-electron chi connectivity index (χ3n) is 5.49. The van der Waals surface area contributed by atoms with Crippen molar-refractivity contribution in [3.8, 4) is 5.69 Å². The highest BCUT2D eigenvalue weighted by Crippen LogP contribution is 2.33. The molecule has 0 radical (unpaired) electrons. The number of aromatic nitrogens is 2. The molecule has 1 unspecified atom stereocenters.